The molecular weight excluding hydrogens is 218 g/mol. The number of hydrogen-bond donors (Lipinski definition) is 0. The monoisotopic (exact) mass is 237 g/mol. The summed E-state index contributed by atoms with van der Waals surface area (Å²) < 4.78 is 0. The van der Waals surface area contributed by atoms with Crippen molar-refractivity contribution in [1.29, 1.82) is 0 Å². The Hall–Kier alpha value is -2.02. The van der Waals surface area contributed by atoms with Crippen LogP contribution in [0.15, 0.2) is 55.1 Å². The van der Waals surface area contributed by atoms with E-state index in [1.165, 1.54) is 22.4 Å². The van der Waals surface area contributed by atoms with E-state index in [1.807, 2.05) is 12.1 Å². The lowest BCUT2D eigenvalue weighted by Gasteiger charge is -2.22. The normalized spacial score (nSPS) is 10.1. The Morgan fingerprint density at radius 1 is 1.06 bits per heavy atom. The van der Waals surface area contributed by atoms with Gasteiger partial charge in [-0.25, -0.2) is 0 Å². The Kier molecular flexibility index (Phi) is 3.83. The van der Waals surface area contributed by atoms with Crippen molar-refractivity contribution in [3.8, 4) is 0 Å². The fourth-order valence-corrected chi connectivity index (χ4v) is 2.14. The molecule has 1 nitrogen and oxygen atoms in total. The third-order valence-corrected chi connectivity index (χ3v) is 3.24. The first-order valence-electron chi connectivity index (χ1n) is 6.19. The van der Waals surface area contributed by atoms with E-state index in [4.69, 9.17) is 0 Å². The van der Waals surface area contributed by atoms with Gasteiger partial charge in [-0.2, -0.15) is 0 Å². The van der Waals surface area contributed by atoms with Gasteiger partial charge in [-0.15, -0.1) is 0 Å². The fraction of sp³-hybridized carbons (Fsp3) is 0.176. The summed E-state index contributed by atoms with van der Waals surface area (Å²) in [6.07, 6.45) is 1.91. The summed E-state index contributed by atoms with van der Waals surface area (Å²) in [6, 6.07) is 16.8. The molecule has 0 bridgehead atoms. The van der Waals surface area contributed by atoms with E-state index in [0.717, 1.165) is 6.54 Å². The number of nitrogens with zero attached hydrogens (tertiary/aromatic N) is 1. The molecule has 0 aliphatic rings. The van der Waals surface area contributed by atoms with Crippen molar-refractivity contribution in [1.82, 2.24) is 0 Å². The molecule has 2 aromatic rings. The van der Waals surface area contributed by atoms with Gasteiger partial charge in [0.25, 0.3) is 0 Å². The minimum Gasteiger partial charge on any atom is -0.370 e. The highest BCUT2D eigenvalue weighted by atomic mass is 15.1. The third-order valence-electron chi connectivity index (χ3n) is 3.24. The molecule has 0 aliphatic carbocycles. The summed E-state index contributed by atoms with van der Waals surface area (Å²) in [4.78, 5) is 2.26. The van der Waals surface area contributed by atoms with Crippen molar-refractivity contribution in [2.75, 3.05) is 11.9 Å². The molecule has 2 rings (SSSR count). The van der Waals surface area contributed by atoms with Gasteiger partial charge in [-0.05, 0) is 29.7 Å². The Morgan fingerprint density at radius 3 is 2.44 bits per heavy atom. The average Bonchev–Trinajstić information content (AvgIpc) is 2.41. The molecule has 0 aromatic heterocycles. The zero-order valence-electron chi connectivity index (χ0n) is 11.1. The van der Waals surface area contributed by atoms with Gasteiger partial charge < -0.3 is 4.90 Å². The van der Waals surface area contributed by atoms with Crippen LogP contribution in [0.4, 0.5) is 5.69 Å². The van der Waals surface area contributed by atoms with Crippen LogP contribution in [0.2, 0.25) is 0 Å². The SMILES string of the molecule is C=Cc1ccccc1N(C)Cc1ccccc1C. The van der Waals surface area contributed by atoms with Crippen LogP contribution < -0.4 is 4.90 Å². The van der Waals surface area contributed by atoms with Crippen LogP contribution in [-0.2, 0) is 6.54 Å². The lowest BCUT2D eigenvalue weighted by Crippen LogP contribution is -2.17. The Balaban J connectivity index is 2.25. The highest BCUT2D eigenvalue weighted by Crippen LogP contribution is 2.22. The van der Waals surface area contributed by atoms with Crippen molar-refractivity contribution in [3.05, 3.63) is 71.8 Å². The molecule has 0 atom stereocenters. The molecule has 1 heteroatoms. The smallest absolute Gasteiger partial charge is 0.0440 e. The number of anilines is 1. The Labute approximate surface area is 109 Å². The first kappa shape index (κ1) is 12.4. The maximum atomic E-state index is 3.87. The molecule has 0 saturated heterocycles. The van der Waals surface area contributed by atoms with Gasteiger partial charge in [0.05, 0.1) is 0 Å². The molecule has 0 amide bonds. The van der Waals surface area contributed by atoms with Crippen LogP contribution in [0, 0.1) is 6.92 Å². The van der Waals surface area contributed by atoms with E-state index in [1.54, 1.807) is 0 Å². The summed E-state index contributed by atoms with van der Waals surface area (Å²) in [6.45, 7) is 6.94. The number of hydrogen-bond acceptors (Lipinski definition) is 1. The number of aryl methyl sites for hydroxylation is 1. The van der Waals surface area contributed by atoms with Gasteiger partial charge in [-0.3, -0.25) is 0 Å². The molecule has 2 aromatic carbocycles. The molecular formula is C17H19N. The van der Waals surface area contributed by atoms with Gasteiger partial charge in [0.2, 0.25) is 0 Å². The Morgan fingerprint density at radius 2 is 1.72 bits per heavy atom. The minimum absolute atomic E-state index is 0.914. The predicted octanol–water partition coefficient (Wildman–Crippen LogP) is 4.27. The second-order valence-corrected chi connectivity index (χ2v) is 4.55. The van der Waals surface area contributed by atoms with Crippen LogP contribution >= 0.6 is 0 Å². The molecule has 0 unspecified atom stereocenters. The van der Waals surface area contributed by atoms with Gasteiger partial charge in [0.15, 0.2) is 0 Å². The van der Waals surface area contributed by atoms with Crippen LogP contribution in [0.1, 0.15) is 16.7 Å². The van der Waals surface area contributed by atoms with Crippen LogP contribution in [0.5, 0.6) is 0 Å². The molecule has 0 aliphatic heterocycles. The minimum atomic E-state index is 0.914. The molecule has 0 saturated carbocycles. The van der Waals surface area contributed by atoms with Gasteiger partial charge in [0, 0.05) is 19.3 Å². The third kappa shape index (κ3) is 2.62. The summed E-state index contributed by atoms with van der Waals surface area (Å²) in [5.41, 5.74) is 5.09. The van der Waals surface area contributed by atoms with Gasteiger partial charge in [0.1, 0.15) is 0 Å². The number of rotatable bonds is 4. The number of para-hydroxylation sites is 1. The molecule has 0 N–H and O–H groups in total. The largest absolute Gasteiger partial charge is 0.370 e. The topological polar surface area (TPSA) is 3.24 Å². The average molecular weight is 237 g/mol. The first-order valence-corrected chi connectivity index (χ1v) is 6.19. The zero-order chi connectivity index (χ0) is 13.0. The lowest BCUT2D eigenvalue weighted by molar-refractivity contribution is 0.913. The van der Waals surface area contributed by atoms with E-state index in [9.17, 15) is 0 Å². The van der Waals surface area contributed by atoms with Crippen molar-refractivity contribution >= 4 is 11.8 Å². The second kappa shape index (κ2) is 5.54. The molecule has 92 valence electrons. The van der Waals surface area contributed by atoms with E-state index >= 15 is 0 Å². The van der Waals surface area contributed by atoms with Gasteiger partial charge >= 0.3 is 0 Å². The van der Waals surface area contributed by atoms with E-state index in [0.29, 0.717) is 0 Å². The van der Waals surface area contributed by atoms with Crippen molar-refractivity contribution < 1.29 is 0 Å². The van der Waals surface area contributed by atoms with E-state index in [-0.39, 0.29) is 0 Å². The summed E-state index contributed by atoms with van der Waals surface area (Å²) >= 11 is 0. The quantitative estimate of drug-likeness (QED) is 0.767. The summed E-state index contributed by atoms with van der Waals surface area (Å²) in [5, 5.41) is 0. The molecule has 18 heavy (non-hydrogen) atoms. The van der Waals surface area contributed by atoms with Crippen molar-refractivity contribution in [2.24, 2.45) is 0 Å². The van der Waals surface area contributed by atoms with Crippen molar-refractivity contribution in [2.45, 2.75) is 13.5 Å². The molecule has 0 radical (unpaired) electrons. The summed E-state index contributed by atoms with van der Waals surface area (Å²) in [7, 11) is 2.12. The molecule has 0 spiro atoms. The predicted molar refractivity (Wildman–Crippen MR) is 79.8 cm³/mol. The Bertz CT molecular complexity index is 543. The van der Waals surface area contributed by atoms with Crippen LogP contribution in [0.3, 0.4) is 0 Å². The maximum Gasteiger partial charge on any atom is 0.0440 e. The summed E-state index contributed by atoms with van der Waals surface area (Å²) in [5.74, 6) is 0. The molecule has 0 heterocycles. The number of benzene rings is 2. The van der Waals surface area contributed by atoms with Gasteiger partial charge in [-0.1, -0.05) is 55.1 Å². The van der Waals surface area contributed by atoms with E-state index in [2.05, 4.69) is 67.9 Å². The maximum absolute atomic E-state index is 3.87. The highest BCUT2D eigenvalue weighted by molar-refractivity contribution is 5.66. The zero-order valence-corrected chi connectivity index (χ0v) is 11.1. The lowest BCUT2D eigenvalue weighted by atomic mass is 10.1. The van der Waals surface area contributed by atoms with Crippen LogP contribution in [0.25, 0.3) is 6.08 Å². The van der Waals surface area contributed by atoms with Crippen LogP contribution in [-0.4, -0.2) is 7.05 Å². The highest BCUT2D eigenvalue weighted by Gasteiger charge is 2.06. The van der Waals surface area contributed by atoms with Crippen molar-refractivity contribution in [3.63, 3.8) is 0 Å². The fourth-order valence-electron chi connectivity index (χ4n) is 2.14. The second-order valence-electron chi connectivity index (χ2n) is 4.55. The molecule has 0 fully saturated rings. The standard InChI is InChI=1S/C17H19N/c1-4-15-10-7-8-12-17(15)18(3)13-16-11-6-5-9-14(16)2/h4-12H,1,13H2,2-3H3. The van der Waals surface area contributed by atoms with E-state index < -0.39 is 0 Å². The first-order chi connectivity index (χ1) is 8.72.